The Morgan fingerprint density at radius 2 is 2.22 bits per heavy atom. The number of alkyl halides is 2. The van der Waals surface area contributed by atoms with Crippen LogP contribution in [-0.4, -0.2) is 24.7 Å². The summed E-state index contributed by atoms with van der Waals surface area (Å²) < 4.78 is 35.6. The number of carbonyl (C=O) groups is 1. The third-order valence-electron chi connectivity index (χ3n) is 2.16. The minimum Gasteiger partial charge on any atom is -0.494 e. The molecule has 0 spiro atoms. The van der Waals surface area contributed by atoms with Gasteiger partial charge in [0.2, 0.25) is 0 Å². The Labute approximate surface area is 111 Å². The molecule has 1 heterocycles. The second-order valence-electron chi connectivity index (χ2n) is 3.29. The van der Waals surface area contributed by atoms with Gasteiger partial charge in [-0.2, -0.15) is 0 Å². The van der Waals surface area contributed by atoms with Gasteiger partial charge in [-0.05, 0) is 22.9 Å². The van der Waals surface area contributed by atoms with Crippen LogP contribution in [0.15, 0.2) is 10.7 Å². The number of pyridine rings is 1. The summed E-state index contributed by atoms with van der Waals surface area (Å²) in [5.74, 6) is -0.297. The largest absolute Gasteiger partial charge is 0.494 e. The molecule has 1 rings (SSSR count). The van der Waals surface area contributed by atoms with Gasteiger partial charge in [-0.25, -0.2) is 8.78 Å². The Morgan fingerprint density at radius 1 is 1.56 bits per heavy atom. The Bertz CT molecular complexity index is 441. The number of hydrogen-bond acceptors (Lipinski definition) is 4. The molecule has 0 aliphatic carbocycles. The molecule has 18 heavy (non-hydrogen) atoms. The number of methoxy groups -OCH3 is 1. The molecule has 0 aliphatic rings. The molecule has 7 heteroatoms. The molecule has 0 N–H and O–H groups in total. The van der Waals surface area contributed by atoms with E-state index in [4.69, 9.17) is 9.47 Å². The number of carbonyl (C=O) groups excluding carboxylic acids is 1. The summed E-state index contributed by atoms with van der Waals surface area (Å²) >= 11 is 3.13. The van der Waals surface area contributed by atoms with E-state index in [-0.39, 0.29) is 18.6 Å². The molecule has 0 saturated heterocycles. The summed E-state index contributed by atoms with van der Waals surface area (Å²) in [6, 6.07) is 0. The van der Waals surface area contributed by atoms with Crippen LogP contribution in [-0.2, 0) is 16.0 Å². The maximum atomic E-state index is 12.8. The summed E-state index contributed by atoms with van der Waals surface area (Å²) in [5.41, 5.74) is -0.362. The lowest BCUT2D eigenvalue weighted by atomic mass is 10.1. The second kappa shape index (κ2) is 6.63. The maximum Gasteiger partial charge on any atom is 0.310 e. The van der Waals surface area contributed by atoms with E-state index in [0.717, 1.165) is 0 Å². The lowest BCUT2D eigenvalue weighted by Gasteiger charge is -2.12. The van der Waals surface area contributed by atoms with Crippen LogP contribution < -0.4 is 4.74 Å². The van der Waals surface area contributed by atoms with Gasteiger partial charge in [0.1, 0.15) is 5.69 Å². The summed E-state index contributed by atoms with van der Waals surface area (Å²) in [7, 11) is 1.39. The van der Waals surface area contributed by atoms with Crippen LogP contribution in [0, 0.1) is 0 Å². The van der Waals surface area contributed by atoms with E-state index in [1.165, 1.54) is 13.3 Å². The van der Waals surface area contributed by atoms with Crippen molar-refractivity contribution in [2.75, 3.05) is 13.7 Å². The fraction of sp³-hybridized carbons (Fsp3) is 0.455. The van der Waals surface area contributed by atoms with Crippen LogP contribution in [0.4, 0.5) is 8.78 Å². The summed E-state index contributed by atoms with van der Waals surface area (Å²) in [5, 5.41) is 0. The number of hydrogen-bond donors (Lipinski definition) is 0. The highest BCUT2D eigenvalue weighted by Gasteiger charge is 2.22. The Kier molecular flexibility index (Phi) is 5.46. The summed E-state index contributed by atoms with van der Waals surface area (Å²) in [4.78, 5) is 15.0. The molecular formula is C11H12BrF2NO3. The molecule has 0 aliphatic heterocycles. The number of ether oxygens (including phenoxy) is 2. The fourth-order valence-electron chi connectivity index (χ4n) is 1.38. The average Bonchev–Trinajstić information content (AvgIpc) is 2.31. The number of esters is 1. The highest BCUT2D eigenvalue weighted by Crippen LogP contribution is 2.33. The fourth-order valence-corrected chi connectivity index (χ4v) is 1.99. The van der Waals surface area contributed by atoms with Gasteiger partial charge in [0, 0.05) is 5.56 Å². The molecular weight excluding hydrogens is 312 g/mol. The standard InChI is InChI=1S/C11H12BrF2NO3/c1-3-18-8(16)4-6-9(12)7(17-2)5-15-10(6)11(13)14/h5,11H,3-4H2,1-2H3. The van der Waals surface area contributed by atoms with Crippen molar-refractivity contribution in [1.82, 2.24) is 4.98 Å². The highest BCUT2D eigenvalue weighted by molar-refractivity contribution is 9.10. The molecule has 0 atom stereocenters. The van der Waals surface area contributed by atoms with Crippen molar-refractivity contribution in [2.24, 2.45) is 0 Å². The SMILES string of the molecule is CCOC(=O)Cc1c(C(F)F)ncc(OC)c1Br. The second-order valence-corrected chi connectivity index (χ2v) is 4.08. The van der Waals surface area contributed by atoms with E-state index in [2.05, 4.69) is 20.9 Å². The van der Waals surface area contributed by atoms with Crippen molar-refractivity contribution in [3.63, 3.8) is 0 Å². The zero-order chi connectivity index (χ0) is 13.7. The monoisotopic (exact) mass is 323 g/mol. The molecule has 100 valence electrons. The molecule has 1 aromatic heterocycles. The normalized spacial score (nSPS) is 10.6. The van der Waals surface area contributed by atoms with Gasteiger partial charge in [-0.3, -0.25) is 9.78 Å². The van der Waals surface area contributed by atoms with Crippen molar-refractivity contribution >= 4 is 21.9 Å². The maximum absolute atomic E-state index is 12.8. The number of aromatic nitrogens is 1. The molecule has 0 unspecified atom stereocenters. The van der Waals surface area contributed by atoms with Crippen LogP contribution in [0.5, 0.6) is 5.75 Å². The van der Waals surface area contributed by atoms with Crippen LogP contribution in [0.1, 0.15) is 24.6 Å². The lowest BCUT2D eigenvalue weighted by Crippen LogP contribution is -2.11. The van der Waals surface area contributed by atoms with Gasteiger partial charge >= 0.3 is 5.97 Å². The Balaban J connectivity index is 3.15. The number of nitrogens with zero attached hydrogens (tertiary/aromatic N) is 1. The number of halogens is 3. The quantitative estimate of drug-likeness (QED) is 0.782. The Morgan fingerprint density at radius 3 is 2.72 bits per heavy atom. The van der Waals surface area contributed by atoms with E-state index in [1.807, 2.05) is 0 Å². The minimum absolute atomic E-state index is 0.0859. The zero-order valence-corrected chi connectivity index (χ0v) is 11.5. The topological polar surface area (TPSA) is 48.4 Å². The molecule has 1 aromatic rings. The molecule has 0 fully saturated rings. The molecule has 0 saturated carbocycles. The van der Waals surface area contributed by atoms with E-state index in [1.54, 1.807) is 6.92 Å². The first-order valence-corrected chi connectivity index (χ1v) is 5.95. The first-order chi connectivity index (χ1) is 8.51. The lowest BCUT2D eigenvalue weighted by molar-refractivity contribution is -0.142. The van der Waals surface area contributed by atoms with Gasteiger partial charge in [-0.1, -0.05) is 0 Å². The molecule has 0 radical (unpaired) electrons. The zero-order valence-electron chi connectivity index (χ0n) is 9.87. The van der Waals surface area contributed by atoms with Crippen molar-refractivity contribution in [1.29, 1.82) is 0 Å². The van der Waals surface area contributed by atoms with E-state index in [9.17, 15) is 13.6 Å². The van der Waals surface area contributed by atoms with Gasteiger partial charge in [0.25, 0.3) is 6.43 Å². The van der Waals surface area contributed by atoms with Gasteiger partial charge in [0.15, 0.2) is 5.75 Å². The van der Waals surface area contributed by atoms with Crippen molar-refractivity contribution in [3.05, 3.63) is 21.9 Å². The third kappa shape index (κ3) is 3.38. The Hall–Kier alpha value is -1.24. The molecule has 0 aromatic carbocycles. The molecule has 4 nitrogen and oxygen atoms in total. The van der Waals surface area contributed by atoms with Crippen LogP contribution >= 0.6 is 15.9 Å². The van der Waals surface area contributed by atoms with Crippen molar-refractivity contribution in [2.45, 2.75) is 19.8 Å². The first kappa shape index (κ1) is 14.8. The first-order valence-electron chi connectivity index (χ1n) is 5.16. The van der Waals surface area contributed by atoms with Crippen molar-refractivity contribution < 1.29 is 23.0 Å². The van der Waals surface area contributed by atoms with Crippen molar-refractivity contribution in [3.8, 4) is 5.75 Å². The van der Waals surface area contributed by atoms with Gasteiger partial charge < -0.3 is 9.47 Å². The van der Waals surface area contributed by atoms with Crippen LogP contribution in [0.25, 0.3) is 0 Å². The minimum atomic E-state index is -2.77. The summed E-state index contributed by atoms with van der Waals surface area (Å²) in [6.07, 6.45) is -1.87. The van der Waals surface area contributed by atoms with E-state index >= 15 is 0 Å². The predicted molar refractivity (Wildman–Crippen MR) is 63.8 cm³/mol. The average molecular weight is 324 g/mol. The van der Waals surface area contributed by atoms with Gasteiger partial charge in [0.05, 0.1) is 30.8 Å². The van der Waals surface area contributed by atoms with Crippen LogP contribution in [0.3, 0.4) is 0 Å². The van der Waals surface area contributed by atoms with E-state index < -0.39 is 18.1 Å². The molecule has 0 bridgehead atoms. The number of rotatable bonds is 5. The van der Waals surface area contributed by atoms with E-state index in [0.29, 0.717) is 10.2 Å². The predicted octanol–water partition coefficient (Wildman–Crippen LogP) is 2.90. The van der Waals surface area contributed by atoms with Gasteiger partial charge in [-0.15, -0.1) is 0 Å². The summed E-state index contributed by atoms with van der Waals surface area (Å²) in [6.45, 7) is 1.84. The highest BCUT2D eigenvalue weighted by atomic mass is 79.9. The van der Waals surface area contributed by atoms with Crippen LogP contribution in [0.2, 0.25) is 0 Å². The smallest absolute Gasteiger partial charge is 0.310 e. The molecule has 0 amide bonds. The third-order valence-corrected chi connectivity index (χ3v) is 3.03.